The molecule has 0 saturated carbocycles. The molecule has 0 bridgehead atoms. The maximum Gasteiger partial charge on any atom is 0.0790 e. The second kappa shape index (κ2) is 5.67. The number of nitrogens with zero attached hydrogens (tertiary/aromatic N) is 2. The van der Waals surface area contributed by atoms with E-state index in [4.69, 9.17) is 0 Å². The number of halogens is 1. The van der Waals surface area contributed by atoms with Crippen molar-refractivity contribution < 1.29 is 0 Å². The van der Waals surface area contributed by atoms with E-state index in [9.17, 15) is 0 Å². The summed E-state index contributed by atoms with van der Waals surface area (Å²) in [6.07, 6.45) is 1.95. The third-order valence-electron chi connectivity index (χ3n) is 3.11. The molecule has 96 valence electrons. The molecule has 0 aliphatic carbocycles. The van der Waals surface area contributed by atoms with E-state index in [1.807, 2.05) is 29.1 Å². The number of benzene rings is 1. The fraction of sp³-hybridized carbons (Fsp3) is 0.357. The van der Waals surface area contributed by atoms with Crippen molar-refractivity contribution in [2.45, 2.75) is 26.8 Å². The topological polar surface area (TPSA) is 29.9 Å². The Morgan fingerprint density at radius 3 is 2.78 bits per heavy atom. The molecule has 0 amide bonds. The Morgan fingerprint density at radius 1 is 1.39 bits per heavy atom. The van der Waals surface area contributed by atoms with Gasteiger partial charge in [0.1, 0.15) is 0 Å². The first-order valence-corrected chi connectivity index (χ1v) is 6.97. The zero-order valence-electron chi connectivity index (χ0n) is 10.9. The van der Waals surface area contributed by atoms with Crippen LogP contribution in [0.15, 0.2) is 34.9 Å². The molecule has 1 unspecified atom stereocenters. The van der Waals surface area contributed by atoms with Gasteiger partial charge >= 0.3 is 0 Å². The van der Waals surface area contributed by atoms with Crippen LogP contribution in [0.2, 0.25) is 0 Å². The van der Waals surface area contributed by atoms with E-state index in [0.717, 1.165) is 16.7 Å². The highest BCUT2D eigenvalue weighted by molar-refractivity contribution is 9.10. The Bertz CT molecular complexity index is 534. The molecule has 3 nitrogen and oxygen atoms in total. The van der Waals surface area contributed by atoms with Crippen molar-refractivity contribution in [3.05, 3.63) is 46.2 Å². The van der Waals surface area contributed by atoms with Crippen molar-refractivity contribution in [2.75, 3.05) is 6.54 Å². The van der Waals surface area contributed by atoms with E-state index < -0.39 is 0 Å². The van der Waals surface area contributed by atoms with Gasteiger partial charge in [-0.2, -0.15) is 5.10 Å². The molecule has 0 aliphatic heterocycles. The second-order valence-electron chi connectivity index (χ2n) is 4.33. The number of aromatic nitrogens is 2. The molecule has 0 aliphatic rings. The van der Waals surface area contributed by atoms with E-state index >= 15 is 0 Å². The summed E-state index contributed by atoms with van der Waals surface area (Å²) in [6, 6.07) is 8.45. The van der Waals surface area contributed by atoms with Gasteiger partial charge < -0.3 is 5.32 Å². The molecule has 0 radical (unpaired) electrons. The van der Waals surface area contributed by atoms with Crippen LogP contribution >= 0.6 is 15.9 Å². The van der Waals surface area contributed by atoms with Crippen molar-refractivity contribution in [2.24, 2.45) is 0 Å². The standard InChI is InChI=1S/C14H18BrN3/c1-4-16-10(2)12-9-17-18(11(12)3)14-8-6-5-7-13(14)15/h5-10,16H,4H2,1-3H3. The number of rotatable bonds is 4. The molecule has 1 N–H and O–H groups in total. The number of nitrogens with one attached hydrogen (secondary N) is 1. The average Bonchev–Trinajstić information content (AvgIpc) is 2.72. The van der Waals surface area contributed by atoms with Gasteiger partial charge in [-0.05, 0) is 48.5 Å². The molecule has 1 atom stereocenters. The third-order valence-corrected chi connectivity index (χ3v) is 3.78. The third kappa shape index (κ3) is 2.49. The summed E-state index contributed by atoms with van der Waals surface area (Å²) < 4.78 is 3.03. The quantitative estimate of drug-likeness (QED) is 0.935. The molecule has 1 heterocycles. The molecular formula is C14H18BrN3. The van der Waals surface area contributed by atoms with Gasteiger partial charge in [0.25, 0.3) is 0 Å². The number of hydrogen-bond acceptors (Lipinski definition) is 2. The van der Waals surface area contributed by atoms with Crippen LogP contribution in [0, 0.1) is 6.92 Å². The molecule has 1 aromatic carbocycles. The highest BCUT2D eigenvalue weighted by atomic mass is 79.9. The minimum atomic E-state index is 0.325. The predicted octanol–water partition coefficient (Wildman–Crippen LogP) is 3.61. The summed E-state index contributed by atoms with van der Waals surface area (Å²) in [6.45, 7) is 7.35. The lowest BCUT2D eigenvalue weighted by Gasteiger charge is -2.12. The summed E-state index contributed by atoms with van der Waals surface area (Å²) >= 11 is 3.57. The first-order chi connectivity index (χ1) is 8.65. The van der Waals surface area contributed by atoms with Gasteiger partial charge in [-0.25, -0.2) is 4.68 Å². The first kappa shape index (κ1) is 13.3. The summed E-state index contributed by atoms with van der Waals surface area (Å²) in [7, 11) is 0. The molecule has 1 aromatic heterocycles. The summed E-state index contributed by atoms with van der Waals surface area (Å²) in [4.78, 5) is 0. The van der Waals surface area contributed by atoms with E-state index in [1.165, 1.54) is 11.3 Å². The van der Waals surface area contributed by atoms with Crippen LogP contribution in [0.4, 0.5) is 0 Å². The van der Waals surface area contributed by atoms with Crippen molar-refractivity contribution in [1.82, 2.24) is 15.1 Å². The SMILES string of the molecule is CCNC(C)c1cnn(-c2ccccc2Br)c1C. The normalized spacial score (nSPS) is 12.7. The lowest BCUT2D eigenvalue weighted by molar-refractivity contribution is 0.594. The van der Waals surface area contributed by atoms with Crippen LogP contribution in [-0.2, 0) is 0 Å². The zero-order chi connectivity index (χ0) is 13.1. The van der Waals surface area contributed by atoms with Gasteiger partial charge in [-0.1, -0.05) is 19.1 Å². The van der Waals surface area contributed by atoms with Crippen molar-refractivity contribution in [3.8, 4) is 5.69 Å². The molecule has 18 heavy (non-hydrogen) atoms. The van der Waals surface area contributed by atoms with Gasteiger partial charge in [-0.3, -0.25) is 0 Å². The van der Waals surface area contributed by atoms with Crippen LogP contribution in [0.1, 0.15) is 31.1 Å². The Kier molecular flexibility index (Phi) is 4.19. The van der Waals surface area contributed by atoms with E-state index in [2.05, 4.69) is 53.2 Å². The maximum absolute atomic E-state index is 4.50. The lowest BCUT2D eigenvalue weighted by atomic mass is 10.1. The smallest absolute Gasteiger partial charge is 0.0790 e. The average molecular weight is 308 g/mol. The van der Waals surface area contributed by atoms with Gasteiger partial charge in [0.2, 0.25) is 0 Å². The minimum absolute atomic E-state index is 0.325. The van der Waals surface area contributed by atoms with Gasteiger partial charge in [0.05, 0.1) is 11.9 Å². The Balaban J connectivity index is 2.40. The van der Waals surface area contributed by atoms with Crippen LogP contribution in [0.25, 0.3) is 5.69 Å². The van der Waals surface area contributed by atoms with Crippen LogP contribution in [-0.4, -0.2) is 16.3 Å². The summed E-state index contributed by atoms with van der Waals surface area (Å²) in [5, 5.41) is 7.91. The molecule has 0 fully saturated rings. The highest BCUT2D eigenvalue weighted by Gasteiger charge is 2.14. The maximum atomic E-state index is 4.50. The van der Waals surface area contributed by atoms with Crippen LogP contribution < -0.4 is 5.32 Å². The molecule has 2 rings (SSSR count). The van der Waals surface area contributed by atoms with Gasteiger partial charge in [0, 0.05) is 21.8 Å². The van der Waals surface area contributed by atoms with E-state index in [0.29, 0.717) is 6.04 Å². The zero-order valence-corrected chi connectivity index (χ0v) is 12.5. The van der Waals surface area contributed by atoms with Gasteiger partial charge in [-0.15, -0.1) is 0 Å². The fourth-order valence-corrected chi connectivity index (χ4v) is 2.58. The number of para-hydroxylation sites is 1. The largest absolute Gasteiger partial charge is 0.310 e. The van der Waals surface area contributed by atoms with Crippen molar-refractivity contribution >= 4 is 15.9 Å². The van der Waals surface area contributed by atoms with Crippen LogP contribution in [0.3, 0.4) is 0 Å². The number of hydrogen-bond donors (Lipinski definition) is 1. The summed E-state index contributed by atoms with van der Waals surface area (Å²) in [5.41, 5.74) is 3.49. The summed E-state index contributed by atoms with van der Waals surface area (Å²) in [5.74, 6) is 0. The van der Waals surface area contributed by atoms with Gasteiger partial charge in [0.15, 0.2) is 0 Å². The Labute approximate surface area is 116 Å². The van der Waals surface area contributed by atoms with E-state index in [1.54, 1.807) is 0 Å². The van der Waals surface area contributed by atoms with Crippen molar-refractivity contribution in [3.63, 3.8) is 0 Å². The predicted molar refractivity (Wildman–Crippen MR) is 78.1 cm³/mol. The fourth-order valence-electron chi connectivity index (χ4n) is 2.13. The first-order valence-electron chi connectivity index (χ1n) is 6.18. The lowest BCUT2D eigenvalue weighted by Crippen LogP contribution is -2.18. The Hall–Kier alpha value is -1.13. The second-order valence-corrected chi connectivity index (χ2v) is 5.18. The molecular weight excluding hydrogens is 290 g/mol. The molecule has 0 saturated heterocycles. The van der Waals surface area contributed by atoms with Crippen LogP contribution in [0.5, 0.6) is 0 Å². The van der Waals surface area contributed by atoms with Crippen molar-refractivity contribution in [1.29, 1.82) is 0 Å². The molecule has 4 heteroatoms. The molecule has 0 spiro atoms. The highest BCUT2D eigenvalue weighted by Crippen LogP contribution is 2.24. The molecule has 2 aromatic rings. The Morgan fingerprint density at radius 2 is 2.11 bits per heavy atom. The van der Waals surface area contributed by atoms with E-state index in [-0.39, 0.29) is 0 Å². The monoisotopic (exact) mass is 307 g/mol. The minimum Gasteiger partial charge on any atom is -0.310 e.